The topological polar surface area (TPSA) is 160 Å². The molecule has 0 spiro atoms. The minimum Gasteiger partial charge on any atom is -0.493 e. The number of methoxy groups -OCH3 is 3. The number of aromatic nitrogens is 3. The number of nitrogen functional groups attached to an aromatic ring is 1. The van der Waals surface area contributed by atoms with Gasteiger partial charge in [-0.05, 0) is 53.6 Å². The lowest BCUT2D eigenvalue weighted by molar-refractivity contribution is -0.672. The number of thiophene rings is 1. The van der Waals surface area contributed by atoms with Crippen molar-refractivity contribution in [3.05, 3.63) is 68.6 Å². The van der Waals surface area contributed by atoms with E-state index in [1.54, 1.807) is 19.1 Å². The molecule has 12 nitrogen and oxygen atoms in total. The van der Waals surface area contributed by atoms with Gasteiger partial charge in [0.25, 0.3) is 5.78 Å². The van der Waals surface area contributed by atoms with Crippen molar-refractivity contribution in [2.75, 3.05) is 27.1 Å². The van der Waals surface area contributed by atoms with E-state index in [9.17, 15) is 27.6 Å². The lowest BCUT2D eigenvalue weighted by atomic mass is 9.92. The average molecular weight is 646 g/mol. The van der Waals surface area contributed by atoms with Crippen LogP contribution < -0.4 is 35.0 Å². The predicted molar refractivity (Wildman–Crippen MR) is 155 cm³/mol. The number of fused-ring (bicyclic) bond motifs is 1. The number of H-pyrrole nitrogens is 1. The van der Waals surface area contributed by atoms with E-state index in [0.717, 1.165) is 28.2 Å². The number of nitrogens with zero attached hydrogens (tertiary/aromatic N) is 2. The number of anilines is 1. The summed E-state index contributed by atoms with van der Waals surface area (Å²) in [6, 6.07) is 7.63. The number of hydrogen-bond acceptors (Lipinski definition) is 11. The molecule has 2 aromatic carbocycles. The van der Waals surface area contributed by atoms with Crippen LogP contribution in [0.3, 0.4) is 0 Å². The van der Waals surface area contributed by atoms with Crippen LogP contribution in [-0.4, -0.2) is 49.5 Å². The highest BCUT2D eigenvalue weighted by Gasteiger charge is 2.36. The van der Waals surface area contributed by atoms with Gasteiger partial charge in [-0.25, -0.2) is 9.78 Å². The summed E-state index contributed by atoms with van der Waals surface area (Å²) >= 11 is 0.886. The van der Waals surface area contributed by atoms with Crippen molar-refractivity contribution in [3.8, 4) is 39.8 Å². The van der Waals surface area contributed by atoms with Crippen molar-refractivity contribution >= 4 is 38.8 Å². The SMILES string of the molecule is COc1cc(-c2c(C(C)=O)c(C)nc3sc(C(=O)c4c(=O)o[nH][n+]4-c4ccc(OC(F)(F)F)cc4)c(N)c23)cc(OC)c1OC. The minimum absolute atomic E-state index is 0.0696. The molecule has 0 amide bonds. The van der Waals surface area contributed by atoms with Crippen molar-refractivity contribution in [1.29, 1.82) is 0 Å². The number of aryl methyl sites for hydroxylation is 1. The van der Waals surface area contributed by atoms with Crippen LogP contribution in [0.1, 0.15) is 38.3 Å². The first kappa shape index (κ1) is 31.1. The molecule has 0 saturated heterocycles. The fraction of sp³-hybridized carbons (Fsp3) is 0.207. The Morgan fingerprint density at radius 2 is 1.67 bits per heavy atom. The smallest absolute Gasteiger partial charge is 0.493 e. The summed E-state index contributed by atoms with van der Waals surface area (Å²) in [4.78, 5) is 44.4. The number of ether oxygens (including phenoxy) is 4. The second kappa shape index (κ2) is 11.6. The summed E-state index contributed by atoms with van der Waals surface area (Å²) < 4.78 is 64.0. The van der Waals surface area contributed by atoms with Gasteiger partial charge in [0.05, 0.1) is 32.7 Å². The predicted octanol–water partition coefficient (Wildman–Crippen LogP) is 4.77. The number of hydrogen-bond donors (Lipinski definition) is 2. The molecular weight excluding hydrogens is 621 g/mol. The van der Waals surface area contributed by atoms with E-state index in [1.165, 1.54) is 40.4 Å². The number of carbonyl (C=O) groups excluding carboxylic acids is 2. The number of Topliss-reactive ketones (excluding diaryl/α,β-unsaturated/α-hetero) is 1. The van der Waals surface area contributed by atoms with Gasteiger partial charge in [0.2, 0.25) is 11.4 Å². The molecule has 0 fully saturated rings. The molecule has 3 heterocycles. The van der Waals surface area contributed by atoms with Crippen LogP contribution in [-0.2, 0) is 0 Å². The second-order valence-corrected chi connectivity index (χ2v) is 10.5. The number of carbonyl (C=O) groups is 2. The first-order valence-corrected chi connectivity index (χ1v) is 13.7. The normalized spacial score (nSPS) is 11.5. The lowest BCUT2D eigenvalue weighted by Crippen LogP contribution is -2.41. The summed E-state index contributed by atoms with van der Waals surface area (Å²) in [5, 5.41) is 2.55. The third kappa shape index (κ3) is 5.55. The maximum atomic E-state index is 13.9. The van der Waals surface area contributed by atoms with Crippen LogP contribution in [0.4, 0.5) is 18.9 Å². The van der Waals surface area contributed by atoms with Gasteiger partial charge >= 0.3 is 17.7 Å². The van der Waals surface area contributed by atoms with Gasteiger partial charge in [-0.2, -0.15) is 0 Å². The van der Waals surface area contributed by atoms with Gasteiger partial charge in [0.15, 0.2) is 17.3 Å². The van der Waals surface area contributed by atoms with E-state index in [2.05, 4.69) is 15.0 Å². The molecule has 0 saturated carbocycles. The summed E-state index contributed by atoms with van der Waals surface area (Å²) in [5.41, 5.74) is 6.42. The van der Waals surface area contributed by atoms with Crippen molar-refractivity contribution in [2.24, 2.45) is 0 Å². The first-order chi connectivity index (χ1) is 21.3. The fourth-order valence-electron chi connectivity index (χ4n) is 4.93. The molecule has 5 rings (SSSR count). The third-order valence-corrected chi connectivity index (χ3v) is 7.86. The molecule has 0 aliphatic rings. The van der Waals surface area contributed by atoms with E-state index in [1.807, 2.05) is 0 Å². The molecule has 0 radical (unpaired) electrons. The fourth-order valence-corrected chi connectivity index (χ4v) is 6.02. The Kier molecular flexibility index (Phi) is 8.01. The number of nitrogens with one attached hydrogen (secondary N) is 1. The highest BCUT2D eigenvalue weighted by atomic mass is 32.1. The number of halogens is 3. The van der Waals surface area contributed by atoms with Crippen LogP contribution in [0.15, 0.2) is 45.7 Å². The van der Waals surface area contributed by atoms with Crippen molar-refractivity contribution < 1.29 is 50.9 Å². The number of aromatic amines is 1. The lowest BCUT2D eigenvalue weighted by Gasteiger charge is -2.17. The van der Waals surface area contributed by atoms with E-state index in [-0.39, 0.29) is 33.0 Å². The zero-order valence-electron chi connectivity index (χ0n) is 24.2. The molecule has 0 bridgehead atoms. The van der Waals surface area contributed by atoms with E-state index < -0.39 is 29.2 Å². The number of alkyl halides is 3. The van der Waals surface area contributed by atoms with Crippen LogP contribution in [0.2, 0.25) is 0 Å². The zero-order chi connectivity index (χ0) is 32.8. The molecule has 3 aromatic heterocycles. The molecule has 0 atom stereocenters. The summed E-state index contributed by atoms with van der Waals surface area (Å²) in [5.74, 6) is -0.795. The molecule has 16 heteroatoms. The van der Waals surface area contributed by atoms with Crippen LogP contribution >= 0.6 is 11.3 Å². The zero-order valence-corrected chi connectivity index (χ0v) is 25.1. The van der Waals surface area contributed by atoms with E-state index in [0.29, 0.717) is 38.9 Å². The van der Waals surface area contributed by atoms with Crippen LogP contribution in [0, 0.1) is 6.92 Å². The molecule has 5 aromatic rings. The monoisotopic (exact) mass is 645 g/mol. The molecule has 234 valence electrons. The van der Waals surface area contributed by atoms with Crippen molar-refractivity contribution in [3.63, 3.8) is 0 Å². The third-order valence-electron chi connectivity index (χ3n) is 6.76. The number of nitrogens with two attached hydrogens (primary N) is 1. The number of benzene rings is 2. The maximum Gasteiger partial charge on any atom is 0.573 e. The molecular formula is C29H24F3N4O8S+. The Morgan fingerprint density at radius 3 is 2.20 bits per heavy atom. The standard InChI is InChI=1S/C29H23F3N4O8S/c1-12-19(13(2)37)20(14-10-17(40-3)25(42-5)18(11-14)41-4)21-22(33)26(45-27(21)34-12)24(38)23-28(39)44-35-36(23)15-6-8-16(9-7-15)43-29(30,31)32/h6-11H,1-5H3,(H2-,33,35,38,39)/p+1. The molecule has 0 unspecified atom stereocenters. The maximum absolute atomic E-state index is 13.9. The number of ketones is 2. The van der Waals surface area contributed by atoms with Gasteiger partial charge in [-0.3, -0.25) is 14.1 Å². The Morgan fingerprint density at radius 1 is 1.04 bits per heavy atom. The number of rotatable bonds is 9. The van der Waals surface area contributed by atoms with Crippen LogP contribution in [0.25, 0.3) is 27.0 Å². The molecule has 0 aliphatic heterocycles. The molecule has 0 aliphatic carbocycles. The quantitative estimate of drug-likeness (QED) is 0.169. The van der Waals surface area contributed by atoms with Crippen molar-refractivity contribution in [1.82, 2.24) is 10.3 Å². The first-order valence-electron chi connectivity index (χ1n) is 12.9. The van der Waals surface area contributed by atoms with E-state index in [4.69, 9.17) is 24.5 Å². The van der Waals surface area contributed by atoms with E-state index >= 15 is 0 Å². The highest BCUT2D eigenvalue weighted by molar-refractivity contribution is 7.21. The minimum atomic E-state index is -4.91. The van der Waals surface area contributed by atoms with Gasteiger partial charge in [-0.1, -0.05) is 0 Å². The highest BCUT2D eigenvalue weighted by Crippen LogP contribution is 2.47. The number of pyridine rings is 1. The van der Waals surface area contributed by atoms with Gasteiger partial charge in [0.1, 0.15) is 15.5 Å². The summed E-state index contributed by atoms with van der Waals surface area (Å²) in [6.07, 6.45) is -4.91. The molecule has 3 N–H and O–H groups in total. The Hall–Kier alpha value is -5.38. The van der Waals surface area contributed by atoms with Gasteiger partial charge < -0.3 is 24.7 Å². The Balaban J connectivity index is 1.71. The summed E-state index contributed by atoms with van der Waals surface area (Å²) in [6.45, 7) is 3.00. The van der Waals surface area contributed by atoms with Crippen LogP contribution in [0.5, 0.6) is 23.0 Å². The van der Waals surface area contributed by atoms with Crippen molar-refractivity contribution in [2.45, 2.75) is 20.2 Å². The van der Waals surface area contributed by atoms with Gasteiger partial charge in [0, 0.05) is 28.6 Å². The second-order valence-electron chi connectivity index (χ2n) is 9.48. The van der Waals surface area contributed by atoms with Gasteiger partial charge in [-0.15, -0.1) is 24.5 Å². The summed E-state index contributed by atoms with van der Waals surface area (Å²) in [7, 11) is 4.31. The Labute approximate surface area is 255 Å². The molecule has 45 heavy (non-hydrogen) atoms. The average Bonchev–Trinajstić information content (AvgIpc) is 3.53. The Bertz CT molecular complexity index is 2010. The largest absolute Gasteiger partial charge is 0.573 e.